The molecule has 1 unspecified atom stereocenters. The third-order valence-corrected chi connectivity index (χ3v) is 2.90. The zero-order valence-electron chi connectivity index (χ0n) is 7.67. The van der Waals surface area contributed by atoms with Crippen molar-refractivity contribution in [3.05, 3.63) is 24.3 Å². The van der Waals surface area contributed by atoms with Gasteiger partial charge in [-0.3, -0.25) is 0 Å². The van der Waals surface area contributed by atoms with Crippen molar-refractivity contribution in [2.75, 3.05) is 7.11 Å². The van der Waals surface area contributed by atoms with E-state index < -0.39 is 4.33 Å². The molecular weight excluding hydrogens is 223 g/mol. The Balaban J connectivity index is 1.98. The molecule has 2 nitrogen and oxygen atoms in total. The second-order valence-corrected chi connectivity index (χ2v) is 4.79. The lowest BCUT2D eigenvalue weighted by molar-refractivity contribution is 0.299. The molecule has 1 atom stereocenters. The molecule has 0 amide bonds. The van der Waals surface area contributed by atoms with Gasteiger partial charge in [0, 0.05) is 6.42 Å². The molecule has 4 heteroatoms. The quantitative estimate of drug-likeness (QED) is 0.747. The van der Waals surface area contributed by atoms with Crippen molar-refractivity contribution in [2.45, 2.75) is 16.9 Å². The third kappa shape index (κ3) is 2.07. The number of hydrogen-bond donors (Lipinski definition) is 0. The van der Waals surface area contributed by atoms with Crippen LogP contribution in [-0.2, 0) is 0 Å². The van der Waals surface area contributed by atoms with Crippen LogP contribution in [0.3, 0.4) is 0 Å². The second-order valence-electron chi connectivity index (χ2n) is 3.25. The molecule has 1 fully saturated rings. The molecule has 0 aliphatic heterocycles. The van der Waals surface area contributed by atoms with Gasteiger partial charge in [-0.2, -0.15) is 0 Å². The lowest BCUT2D eigenvalue weighted by Gasteiger charge is -2.06. The van der Waals surface area contributed by atoms with Gasteiger partial charge in [0.2, 0.25) is 0 Å². The predicted molar refractivity (Wildman–Crippen MR) is 56.5 cm³/mol. The van der Waals surface area contributed by atoms with E-state index in [4.69, 9.17) is 32.7 Å². The topological polar surface area (TPSA) is 18.5 Å². The van der Waals surface area contributed by atoms with E-state index in [1.807, 2.05) is 24.3 Å². The summed E-state index contributed by atoms with van der Waals surface area (Å²) >= 11 is 11.7. The van der Waals surface area contributed by atoms with Gasteiger partial charge in [0.05, 0.1) is 7.11 Å². The van der Waals surface area contributed by atoms with Crippen LogP contribution in [-0.4, -0.2) is 17.5 Å². The van der Waals surface area contributed by atoms with E-state index in [1.165, 1.54) is 0 Å². The van der Waals surface area contributed by atoms with E-state index in [1.54, 1.807) is 7.11 Å². The maximum absolute atomic E-state index is 5.83. The lowest BCUT2D eigenvalue weighted by atomic mass is 10.3. The summed E-state index contributed by atoms with van der Waals surface area (Å²) in [7, 11) is 1.62. The third-order valence-electron chi connectivity index (χ3n) is 2.11. The number of benzene rings is 1. The molecule has 1 aromatic carbocycles. The first kappa shape index (κ1) is 9.94. The standard InChI is InChI=1S/C10H10Cl2O2/c1-13-7-2-4-8(5-3-7)14-9-6-10(9,11)12/h2-5,9H,6H2,1H3. The molecular formula is C10H10Cl2O2. The Labute approximate surface area is 92.7 Å². The van der Waals surface area contributed by atoms with Gasteiger partial charge >= 0.3 is 0 Å². The van der Waals surface area contributed by atoms with Crippen molar-refractivity contribution < 1.29 is 9.47 Å². The van der Waals surface area contributed by atoms with Crippen molar-refractivity contribution >= 4 is 23.2 Å². The molecule has 0 radical (unpaired) electrons. The first-order valence-electron chi connectivity index (χ1n) is 4.30. The summed E-state index contributed by atoms with van der Waals surface area (Å²) in [5.74, 6) is 1.56. The average Bonchev–Trinajstić information content (AvgIpc) is 2.75. The van der Waals surface area contributed by atoms with Crippen molar-refractivity contribution in [1.82, 2.24) is 0 Å². The van der Waals surface area contributed by atoms with Crippen LogP contribution in [0.2, 0.25) is 0 Å². The maximum Gasteiger partial charge on any atom is 0.158 e. The Morgan fingerprint density at radius 1 is 1.21 bits per heavy atom. The van der Waals surface area contributed by atoms with Crippen LogP contribution < -0.4 is 9.47 Å². The van der Waals surface area contributed by atoms with Crippen molar-refractivity contribution in [2.24, 2.45) is 0 Å². The Bertz CT molecular complexity index is 321. The monoisotopic (exact) mass is 232 g/mol. The molecule has 14 heavy (non-hydrogen) atoms. The van der Waals surface area contributed by atoms with Crippen LogP contribution in [0, 0.1) is 0 Å². The molecule has 1 aromatic rings. The van der Waals surface area contributed by atoms with Crippen molar-refractivity contribution in [1.29, 1.82) is 0 Å². The molecule has 0 N–H and O–H groups in total. The zero-order valence-corrected chi connectivity index (χ0v) is 9.18. The summed E-state index contributed by atoms with van der Waals surface area (Å²) in [4.78, 5) is 0. The fourth-order valence-electron chi connectivity index (χ4n) is 1.13. The number of rotatable bonds is 3. The second kappa shape index (κ2) is 3.52. The Hall–Kier alpha value is -0.600. The molecule has 76 valence electrons. The van der Waals surface area contributed by atoms with Gasteiger partial charge in [-0.25, -0.2) is 0 Å². The number of alkyl halides is 2. The van der Waals surface area contributed by atoms with E-state index >= 15 is 0 Å². The first-order valence-corrected chi connectivity index (χ1v) is 5.06. The number of hydrogen-bond acceptors (Lipinski definition) is 2. The van der Waals surface area contributed by atoms with Crippen LogP contribution in [0.1, 0.15) is 6.42 Å². The minimum atomic E-state index is -0.695. The van der Waals surface area contributed by atoms with Crippen LogP contribution in [0.4, 0.5) is 0 Å². The van der Waals surface area contributed by atoms with Crippen LogP contribution >= 0.6 is 23.2 Å². The summed E-state index contributed by atoms with van der Waals surface area (Å²) in [5, 5.41) is 0. The van der Waals surface area contributed by atoms with Gasteiger partial charge in [-0.15, -0.1) is 0 Å². The summed E-state index contributed by atoms with van der Waals surface area (Å²) in [6.45, 7) is 0. The van der Waals surface area contributed by atoms with E-state index in [-0.39, 0.29) is 6.10 Å². The number of halogens is 2. The van der Waals surface area contributed by atoms with Gasteiger partial charge in [0.25, 0.3) is 0 Å². The summed E-state index contributed by atoms with van der Waals surface area (Å²) in [6.07, 6.45) is 0.599. The fourth-order valence-corrected chi connectivity index (χ4v) is 1.50. The van der Waals surface area contributed by atoms with E-state index in [0.717, 1.165) is 11.5 Å². The Morgan fingerprint density at radius 2 is 1.71 bits per heavy atom. The fraction of sp³-hybridized carbons (Fsp3) is 0.400. The van der Waals surface area contributed by atoms with Gasteiger partial charge in [0.1, 0.15) is 17.6 Å². The van der Waals surface area contributed by atoms with Crippen molar-refractivity contribution in [3.63, 3.8) is 0 Å². The number of methoxy groups -OCH3 is 1. The van der Waals surface area contributed by atoms with Gasteiger partial charge in [-0.05, 0) is 24.3 Å². The highest BCUT2D eigenvalue weighted by Gasteiger charge is 2.54. The molecule has 0 bridgehead atoms. The normalized spacial score (nSPS) is 22.9. The minimum absolute atomic E-state index is 0.0840. The van der Waals surface area contributed by atoms with Crippen LogP contribution in [0.5, 0.6) is 11.5 Å². The van der Waals surface area contributed by atoms with E-state index in [2.05, 4.69) is 0 Å². The van der Waals surface area contributed by atoms with E-state index in [0.29, 0.717) is 6.42 Å². The zero-order chi connectivity index (χ0) is 10.2. The molecule has 0 saturated heterocycles. The van der Waals surface area contributed by atoms with Gasteiger partial charge in [-0.1, -0.05) is 23.2 Å². The van der Waals surface area contributed by atoms with Crippen LogP contribution in [0.25, 0.3) is 0 Å². The van der Waals surface area contributed by atoms with E-state index in [9.17, 15) is 0 Å². The highest BCUT2D eigenvalue weighted by atomic mass is 35.5. The minimum Gasteiger partial charge on any atom is -0.497 e. The summed E-state index contributed by atoms with van der Waals surface area (Å²) in [6, 6.07) is 7.34. The highest BCUT2D eigenvalue weighted by Crippen LogP contribution is 2.49. The molecule has 1 saturated carbocycles. The van der Waals surface area contributed by atoms with Gasteiger partial charge < -0.3 is 9.47 Å². The lowest BCUT2D eigenvalue weighted by Crippen LogP contribution is -2.04. The summed E-state index contributed by atoms with van der Waals surface area (Å²) < 4.78 is 9.85. The molecule has 0 spiro atoms. The van der Waals surface area contributed by atoms with Gasteiger partial charge in [0.15, 0.2) is 4.33 Å². The summed E-state index contributed by atoms with van der Waals surface area (Å²) in [5.41, 5.74) is 0. The largest absolute Gasteiger partial charge is 0.497 e. The van der Waals surface area contributed by atoms with Crippen LogP contribution in [0.15, 0.2) is 24.3 Å². The Morgan fingerprint density at radius 3 is 2.14 bits per heavy atom. The smallest absolute Gasteiger partial charge is 0.158 e. The number of ether oxygens (including phenoxy) is 2. The molecule has 0 aromatic heterocycles. The average molecular weight is 233 g/mol. The molecule has 1 aliphatic rings. The Kier molecular flexibility index (Phi) is 2.50. The maximum atomic E-state index is 5.83. The van der Waals surface area contributed by atoms with Crippen molar-refractivity contribution in [3.8, 4) is 11.5 Å². The molecule has 1 aliphatic carbocycles. The first-order chi connectivity index (χ1) is 6.62. The molecule has 2 rings (SSSR count). The SMILES string of the molecule is COc1ccc(OC2CC2(Cl)Cl)cc1. The highest BCUT2D eigenvalue weighted by molar-refractivity contribution is 6.51. The predicted octanol–water partition coefficient (Wildman–Crippen LogP) is 3.02. The molecule has 0 heterocycles.